The molecule has 1 saturated heterocycles. The van der Waals surface area contributed by atoms with E-state index >= 15 is 0 Å². The number of nitriles is 2. The molecule has 0 bridgehead atoms. The lowest BCUT2D eigenvalue weighted by Crippen LogP contribution is -2.25. The number of amides is 2. The van der Waals surface area contributed by atoms with Gasteiger partial charge in [0.05, 0.1) is 11.8 Å². The van der Waals surface area contributed by atoms with Gasteiger partial charge >= 0.3 is 0 Å². The van der Waals surface area contributed by atoms with Crippen molar-refractivity contribution >= 4 is 23.6 Å². The van der Waals surface area contributed by atoms with Gasteiger partial charge in [0.15, 0.2) is 5.57 Å². The van der Waals surface area contributed by atoms with Gasteiger partial charge in [-0.25, -0.2) is 0 Å². The molecule has 1 rings (SSSR count). The first-order chi connectivity index (χ1) is 8.63. The Kier molecular flexibility index (Phi) is 5.01. The molecular weight excluding hydrogens is 252 g/mol. The van der Waals surface area contributed by atoms with Gasteiger partial charge < -0.3 is 5.32 Å². The van der Waals surface area contributed by atoms with Gasteiger partial charge in [0.2, 0.25) is 5.91 Å². The first-order valence-corrected chi connectivity index (χ1v) is 6.12. The van der Waals surface area contributed by atoms with E-state index in [9.17, 15) is 9.59 Å². The van der Waals surface area contributed by atoms with Crippen LogP contribution in [0.5, 0.6) is 0 Å². The molecule has 6 nitrogen and oxygen atoms in total. The van der Waals surface area contributed by atoms with E-state index in [1.54, 1.807) is 19.1 Å². The highest BCUT2D eigenvalue weighted by atomic mass is 32.2. The number of rotatable bonds is 3. The highest BCUT2D eigenvalue weighted by Gasteiger charge is 2.25. The van der Waals surface area contributed by atoms with Gasteiger partial charge in [-0.15, -0.1) is 0 Å². The second kappa shape index (κ2) is 6.51. The molecule has 0 spiro atoms. The van der Waals surface area contributed by atoms with Crippen molar-refractivity contribution in [1.82, 2.24) is 10.2 Å². The number of thioether (sulfide) groups is 1. The lowest BCUT2D eigenvalue weighted by Gasteiger charge is -2.11. The third-order valence-corrected chi connectivity index (χ3v) is 3.08. The van der Waals surface area contributed by atoms with E-state index in [0.29, 0.717) is 11.6 Å². The molecule has 18 heavy (non-hydrogen) atoms. The summed E-state index contributed by atoms with van der Waals surface area (Å²) >= 11 is 1.23. The molecule has 1 aliphatic rings. The summed E-state index contributed by atoms with van der Waals surface area (Å²) in [6.45, 7) is 2.09. The molecule has 0 saturated carbocycles. The summed E-state index contributed by atoms with van der Waals surface area (Å²) in [6, 6.07) is 3.45. The fraction of sp³-hybridized carbons (Fsp3) is 0.364. The Hall–Kier alpha value is -2.21. The maximum atomic E-state index is 11.5. The van der Waals surface area contributed by atoms with E-state index < -0.39 is 5.91 Å². The van der Waals surface area contributed by atoms with Crippen LogP contribution >= 0.6 is 11.8 Å². The molecule has 1 aliphatic heterocycles. The van der Waals surface area contributed by atoms with Crippen LogP contribution in [0.2, 0.25) is 0 Å². The zero-order valence-electron chi connectivity index (χ0n) is 9.69. The minimum absolute atomic E-state index is 0.0697. The molecule has 1 heterocycles. The summed E-state index contributed by atoms with van der Waals surface area (Å²) in [5, 5.41) is 19.9. The van der Waals surface area contributed by atoms with Gasteiger partial charge in [-0.2, -0.15) is 10.5 Å². The lowest BCUT2D eigenvalue weighted by molar-refractivity contribution is -0.125. The number of hydrogen-bond acceptors (Lipinski definition) is 5. The van der Waals surface area contributed by atoms with Crippen molar-refractivity contribution in [2.75, 3.05) is 18.8 Å². The van der Waals surface area contributed by atoms with Gasteiger partial charge in [-0.05, 0) is 6.92 Å². The zero-order chi connectivity index (χ0) is 13.5. The molecule has 0 aromatic heterocycles. The predicted octanol–water partition coefficient (Wildman–Crippen LogP) is 0.112. The molecule has 0 aromatic carbocycles. The molecule has 7 heteroatoms. The molecule has 92 valence electrons. The second-order valence-electron chi connectivity index (χ2n) is 3.18. The van der Waals surface area contributed by atoms with E-state index in [1.807, 2.05) is 0 Å². The van der Waals surface area contributed by atoms with Crippen molar-refractivity contribution in [3.63, 3.8) is 0 Å². The molecular formula is C11H10N4O2S. The molecule has 0 atom stereocenters. The average Bonchev–Trinajstić information content (AvgIpc) is 2.73. The molecule has 0 radical (unpaired) electrons. The maximum absolute atomic E-state index is 11.5. The third kappa shape index (κ3) is 3.14. The fourth-order valence-corrected chi connectivity index (χ4v) is 2.25. The predicted molar refractivity (Wildman–Crippen MR) is 64.6 cm³/mol. The van der Waals surface area contributed by atoms with Crippen LogP contribution < -0.4 is 5.32 Å². The van der Waals surface area contributed by atoms with Gasteiger partial charge in [0, 0.05) is 6.54 Å². The standard InChI is InChI=1S/C11H10N4O2S/c1-2-15-9(16)7-18-10(15)5-8(6-13)11(17)14-4-3-12/h2,4,7H2,1H3,(H,14,17). The largest absolute Gasteiger partial charge is 0.338 e. The van der Waals surface area contributed by atoms with Crippen molar-refractivity contribution in [3.8, 4) is 12.1 Å². The van der Waals surface area contributed by atoms with Crippen LogP contribution in [-0.4, -0.2) is 35.6 Å². The molecule has 2 amide bonds. The summed E-state index contributed by atoms with van der Waals surface area (Å²) in [4.78, 5) is 24.4. The van der Waals surface area contributed by atoms with Crippen molar-refractivity contribution < 1.29 is 9.59 Å². The summed E-state index contributed by atoms with van der Waals surface area (Å²) in [7, 11) is 0. The molecule has 0 unspecified atom stereocenters. The van der Waals surface area contributed by atoms with E-state index in [1.165, 1.54) is 16.7 Å². The topological polar surface area (TPSA) is 97.0 Å². The zero-order valence-corrected chi connectivity index (χ0v) is 10.5. The van der Waals surface area contributed by atoms with Crippen LogP contribution in [0.4, 0.5) is 0 Å². The number of hydrogen-bond donors (Lipinski definition) is 1. The summed E-state index contributed by atoms with van der Waals surface area (Å²) < 4.78 is 0. The van der Waals surface area contributed by atoms with Gasteiger partial charge in [0.25, 0.3) is 5.91 Å². The van der Waals surface area contributed by atoms with Crippen molar-refractivity contribution in [2.24, 2.45) is 0 Å². The highest BCUT2D eigenvalue weighted by molar-refractivity contribution is 8.04. The van der Waals surface area contributed by atoms with Gasteiger partial charge in [-0.1, -0.05) is 17.5 Å². The highest BCUT2D eigenvalue weighted by Crippen LogP contribution is 2.27. The fourth-order valence-electron chi connectivity index (χ4n) is 1.27. The van der Waals surface area contributed by atoms with Crippen molar-refractivity contribution in [2.45, 2.75) is 6.92 Å². The molecule has 1 fully saturated rings. The molecule has 0 aromatic rings. The summed E-state index contributed by atoms with van der Waals surface area (Å²) in [6.07, 6.45) is 0. The Morgan fingerprint density at radius 1 is 1.56 bits per heavy atom. The van der Waals surface area contributed by atoms with Crippen LogP contribution in [0.25, 0.3) is 0 Å². The molecule has 1 N–H and O–H groups in total. The number of carbonyl (C=O) groups is 2. The van der Waals surface area contributed by atoms with E-state index in [4.69, 9.17) is 10.5 Å². The van der Waals surface area contributed by atoms with Crippen LogP contribution in [0.15, 0.2) is 16.3 Å². The SMILES string of the molecule is CCN1C(=O)CSC1=C=C(C#N)C(=O)NCC#N. The Bertz CT molecular complexity index is 520. The van der Waals surface area contributed by atoms with E-state index in [2.05, 4.69) is 11.0 Å². The van der Waals surface area contributed by atoms with E-state index in [-0.39, 0.29) is 23.8 Å². The maximum Gasteiger partial charge on any atom is 0.270 e. The first-order valence-electron chi connectivity index (χ1n) is 5.13. The number of nitrogens with one attached hydrogen (secondary N) is 1. The minimum atomic E-state index is -0.664. The normalized spacial score (nSPS) is 13.6. The Morgan fingerprint density at radius 3 is 2.83 bits per heavy atom. The Labute approximate surface area is 109 Å². The van der Waals surface area contributed by atoms with Gasteiger partial charge in [0.1, 0.15) is 17.6 Å². The summed E-state index contributed by atoms with van der Waals surface area (Å²) in [5.74, 6) is -0.448. The first kappa shape index (κ1) is 13.9. The average molecular weight is 262 g/mol. The lowest BCUT2D eigenvalue weighted by atomic mass is 10.3. The van der Waals surface area contributed by atoms with E-state index in [0.717, 1.165) is 0 Å². The third-order valence-electron chi connectivity index (χ3n) is 2.09. The van der Waals surface area contributed by atoms with Crippen LogP contribution in [0, 0.1) is 22.7 Å². The monoisotopic (exact) mass is 262 g/mol. The van der Waals surface area contributed by atoms with Crippen LogP contribution in [0.1, 0.15) is 6.92 Å². The quantitative estimate of drug-likeness (QED) is 0.337. The van der Waals surface area contributed by atoms with Crippen LogP contribution in [-0.2, 0) is 9.59 Å². The van der Waals surface area contributed by atoms with Gasteiger partial charge in [-0.3, -0.25) is 14.5 Å². The van der Waals surface area contributed by atoms with Crippen LogP contribution in [0.3, 0.4) is 0 Å². The molecule has 0 aliphatic carbocycles. The Morgan fingerprint density at radius 2 is 2.28 bits per heavy atom. The number of carbonyl (C=O) groups excluding carboxylic acids is 2. The van der Waals surface area contributed by atoms with Crippen molar-refractivity contribution in [3.05, 3.63) is 16.3 Å². The smallest absolute Gasteiger partial charge is 0.270 e. The van der Waals surface area contributed by atoms with Crippen molar-refractivity contribution in [1.29, 1.82) is 10.5 Å². The summed E-state index contributed by atoms with van der Waals surface area (Å²) in [5.41, 5.74) is 2.39. The second-order valence-corrected chi connectivity index (χ2v) is 4.15. The Balaban J connectivity index is 3.04. The minimum Gasteiger partial charge on any atom is -0.338 e. The number of nitrogens with zero attached hydrogens (tertiary/aromatic N) is 3.